The summed E-state index contributed by atoms with van der Waals surface area (Å²) in [5.41, 5.74) is 1.48. The highest BCUT2D eigenvalue weighted by Gasteiger charge is 2.14. The Balaban J connectivity index is 1.64. The van der Waals surface area contributed by atoms with Gasteiger partial charge in [-0.1, -0.05) is 11.3 Å². The van der Waals surface area contributed by atoms with E-state index in [4.69, 9.17) is 0 Å². The van der Waals surface area contributed by atoms with Gasteiger partial charge in [0.1, 0.15) is 0 Å². The van der Waals surface area contributed by atoms with Crippen LogP contribution in [0.25, 0.3) is 10.2 Å². The van der Waals surface area contributed by atoms with E-state index < -0.39 is 0 Å². The van der Waals surface area contributed by atoms with E-state index in [1.165, 1.54) is 11.3 Å². The maximum atomic E-state index is 12.5. The molecule has 0 bridgehead atoms. The Labute approximate surface area is 169 Å². The van der Waals surface area contributed by atoms with Crippen LogP contribution in [0, 0.1) is 0 Å². The number of benzene rings is 1. The van der Waals surface area contributed by atoms with Crippen LogP contribution < -0.4 is 10.6 Å². The number of rotatable bonds is 8. The van der Waals surface area contributed by atoms with Gasteiger partial charge in [-0.15, -0.1) is 0 Å². The van der Waals surface area contributed by atoms with Crippen LogP contribution in [0.4, 0.5) is 11.1 Å². The molecule has 0 aliphatic rings. The molecule has 1 amide bonds. The van der Waals surface area contributed by atoms with Gasteiger partial charge in [0, 0.05) is 43.1 Å². The first-order chi connectivity index (χ1) is 13.4. The van der Waals surface area contributed by atoms with Crippen molar-refractivity contribution in [2.75, 3.05) is 18.4 Å². The smallest absolute Gasteiger partial charge is 0.251 e. The van der Waals surface area contributed by atoms with Crippen molar-refractivity contribution in [1.82, 2.24) is 25.2 Å². The second-order valence-electron chi connectivity index (χ2n) is 7.08. The van der Waals surface area contributed by atoms with E-state index in [9.17, 15) is 4.79 Å². The van der Waals surface area contributed by atoms with Gasteiger partial charge < -0.3 is 10.6 Å². The molecule has 0 saturated carbocycles. The number of carbonyl (C=O) groups excluding carboxylic acids is 1. The molecule has 3 rings (SSSR count). The topological polar surface area (TPSA) is 83.0 Å². The van der Waals surface area contributed by atoms with Crippen LogP contribution >= 0.6 is 11.3 Å². The predicted molar refractivity (Wildman–Crippen MR) is 114 cm³/mol. The van der Waals surface area contributed by atoms with Crippen molar-refractivity contribution in [2.45, 2.75) is 39.8 Å². The van der Waals surface area contributed by atoms with Crippen LogP contribution in [0.5, 0.6) is 0 Å². The highest BCUT2D eigenvalue weighted by Crippen LogP contribution is 2.28. The molecule has 8 heteroatoms. The first-order valence-corrected chi connectivity index (χ1v) is 10.2. The second kappa shape index (κ2) is 9.07. The van der Waals surface area contributed by atoms with E-state index in [-0.39, 0.29) is 5.91 Å². The molecule has 2 aromatic heterocycles. The predicted octanol–water partition coefficient (Wildman–Crippen LogP) is 3.68. The number of aromatic nitrogens is 3. The quantitative estimate of drug-likeness (QED) is 0.602. The molecule has 0 radical (unpaired) electrons. The molecule has 0 fully saturated rings. The van der Waals surface area contributed by atoms with Gasteiger partial charge in [-0.3, -0.25) is 9.69 Å². The average Bonchev–Trinajstić information content (AvgIpc) is 3.06. The van der Waals surface area contributed by atoms with Crippen LogP contribution in [0.1, 0.15) is 38.1 Å². The Kier molecular flexibility index (Phi) is 6.53. The van der Waals surface area contributed by atoms with Gasteiger partial charge in [0.05, 0.1) is 10.2 Å². The zero-order chi connectivity index (χ0) is 20.1. The highest BCUT2D eigenvalue weighted by atomic mass is 32.1. The van der Waals surface area contributed by atoms with E-state index in [1.807, 2.05) is 18.2 Å². The summed E-state index contributed by atoms with van der Waals surface area (Å²) in [4.78, 5) is 27.7. The Bertz CT molecular complexity index is 917. The third kappa shape index (κ3) is 5.02. The number of thiazole rings is 1. The van der Waals surface area contributed by atoms with Gasteiger partial charge in [-0.2, -0.15) is 0 Å². The lowest BCUT2D eigenvalue weighted by atomic mass is 10.2. The van der Waals surface area contributed by atoms with Crippen LogP contribution in [0.15, 0.2) is 36.7 Å². The van der Waals surface area contributed by atoms with Crippen LogP contribution in [0.2, 0.25) is 0 Å². The lowest BCUT2D eigenvalue weighted by Crippen LogP contribution is -2.42. The minimum atomic E-state index is -0.0661. The zero-order valence-corrected chi connectivity index (χ0v) is 17.5. The molecule has 0 aliphatic heterocycles. The van der Waals surface area contributed by atoms with Crippen molar-refractivity contribution in [2.24, 2.45) is 0 Å². The summed E-state index contributed by atoms with van der Waals surface area (Å²) in [6, 6.07) is 8.21. The lowest BCUT2D eigenvalue weighted by Gasteiger charge is -2.30. The summed E-state index contributed by atoms with van der Waals surface area (Å²) in [5, 5.41) is 6.80. The van der Waals surface area contributed by atoms with Crippen molar-refractivity contribution in [3.05, 3.63) is 42.2 Å². The molecule has 7 nitrogen and oxygen atoms in total. The summed E-state index contributed by atoms with van der Waals surface area (Å²) in [6.45, 7) is 10.1. The van der Waals surface area contributed by atoms with Crippen LogP contribution in [0.3, 0.4) is 0 Å². The number of anilines is 2. The number of hydrogen-bond acceptors (Lipinski definition) is 7. The summed E-state index contributed by atoms with van der Waals surface area (Å²) in [6.07, 6.45) is 3.34. The number of amides is 1. The largest absolute Gasteiger partial charge is 0.351 e. The van der Waals surface area contributed by atoms with E-state index in [1.54, 1.807) is 18.5 Å². The number of carbonyl (C=O) groups is 1. The molecule has 3 aromatic rings. The summed E-state index contributed by atoms with van der Waals surface area (Å²) in [7, 11) is 0. The van der Waals surface area contributed by atoms with Crippen molar-refractivity contribution < 1.29 is 4.79 Å². The summed E-state index contributed by atoms with van der Waals surface area (Å²) in [5.74, 6) is 0.433. The Morgan fingerprint density at radius 1 is 1.14 bits per heavy atom. The van der Waals surface area contributed by atoms with Crippen LogP contribution in [-0.4, -0.2) is 50.9 Å². The fourth-order valence-corrected chi connectivity index (χ4v) is 3.99. The molecule has 1 aromatic carbocycles. The third-order valence-corrected chi connectivity index (χ3v) is 5.35. The number of nitrogens with zero attached hydrogens (tertiary/aromatic N) is 4. The third-order valence-electron chi connectivity index (χ3n) is 4.42. The zero-order valence-electron chi connectivity index (χ0n) is 16.6. The Morgan fingerprint density at radius 2 is 1.86 bits per heavy atom. The number of hydrogen-bond donors (Lipinski definition) is 2. The van der Waals surface area contributed by atoms with Gasteiger partial charge in [0.15, 0.2) is 5.13 Å². The van der Waals surface area contributed by atoms with Crippen molar-refractivity contribution in [1.29, 1.82) is 0 Å². The van der Waals surface area contributed by atoms with Gasteiger partial charge in [-0.05, 0) is 52.0 Å². The molecule has 28 heavy (non-hydrogen) atoms. The van der Waals surface area contributed by atoms with Crippen molar-refractivity contribution in [3.8, 4) is 0 Å². The normalized spacial score (nSPS) is 11.5. The standard InChI is InChI=1S/C20H26N6OS/c1-13(2)26(14(3)4)11-10-21-18(27)15-6-7-16-17(12-15)28-20(24-16)25-19-22-8-5-9-23-19/h5-9,12-14H,10-11H2,1-4H3,(H,21,27)(H,22,23,24,25). The SMILES string of the molecule is CC(C)N(CCNC(=O)c1ccc2nc(Nc3ncccn3)sc2c1)C(C)C. The second-order valence-corrected chi connectivity index (χ2v) is 8.11. The fraction of sp³-hybridized carbons (Fsp3) is 0.400. The fourth-order valence-electron chi connectivity index (χ4n) is 3.09. The average molecular weight is 399 g/mol. The molecule has 0 spiro atoms. The Morgan fingerprint density at radius 3 is 2.54 bits per heavy atom. The van der Waals surface area contributed by atoms with Crippen molar-refractivity contribution >= 4 is 38.5 Å². The highest BCUT2D eigenvalue weighted by molar-refractivity contribution is 7.22. The molecule has 0 aliphatic carbocycles. The minimum Gasteiger partial charge on any atom is -0.351 e. The first-order valence-electron chi connectivity index (χ1n) is 9.42. The molecule has 2 heterocycles. The summed E-state index contributed by atoms with van der Waals surface area (Å²) >= 11 is 1.47. The van der Waals surface area contributed by atoms with E-state index in [0.717, 1.165) is 16.8 Å². The molecule has 2 N–H and O–H groups in total. The number of fused-ring (bicyclic) bond motifs is 1. The molecule has 0 saturated heterocycles. The Hall–Kier alpha value is -2.58. The van der Waals surface area contributed by atoms with E-state index in [0.29, 0.717) is 35.3 Å². The van der Waals surface area contributed by atoms with Crippen LogP contribution in [-0.2, 0) is 0 Å². The molecular formula is C20H26N6OS. The van der Waals surface area contributed by atoms with Gasteiger partial charge in [-0.25, -0.2) is 15.0 Å². The number of nitrogens with one attached hydrogen (secondary N) is 2. The van der Waals surface area contributed by atoms with Gasteiger partial charge in [0.2, 0.25) is 5.95 Å². The molecule has 148 valence electrons. The minimum absolute atomic E-state index is 0.0661. The first kappa shape index (κ1) is 20.2. The van der Waals surface area contributed by atoms with Gasteiger partial charge in [0.25, 0.3) is 5.91 Å². The molecule has 0 atom stereocenters. The molecular weight excluding hydrogens is 372 g/mol. The maximum Gasteiger partial charge on any atom is 0.251 e. The monoisotopic (exact) mass is 398 g/mol. The van der Waals surface area contributed by atoms with E-state index >= 15 is 0 Å². The molecule has 0 unspecified atom stereocenters. The maximum absolute atomic E-state index is 12.5. The van der Waals surface area contributed by atoms with Crippen molar-refractivity contribution in [3.63, 3.8) is 0 Å². The van der Waals surface area contributed by atoms with E-state index in [2.05, 4.69) is 58.2 Å². The summed E-state index contributed by atoms with van der Waals surface area (Å²) < 4.78 is 0.942. The van der Waals surface area contributed by atoms with Gasteiger partial charge >= 0.3 is 0 Å². The lowest BCUT2D eigenvalue weighted by molar-refractivity contribution is 0.0939.